The Morgan fingerprint density at radius 3 is 1.93 bits per heavy atom. The van der Waals surface area contributed by atoms with Crippen LogP contribution < -0.4 is 5.32 Å². The summed E-state index contributed by atoms with van der Waals surface area (Å²) >= 11 is 0. The molecular weight excluding hydrogens is 382 g/mol. The molecule has 2 aromatic carbocycles. The fourth-order valence-corrected chi connectivity index (χ4v) is 3.46. The molecule has 0 radical (unpaired) electrons. The molecule has 0 aliphatic heterocycles. The zero-order valence-electron chi connectivity index (χ0n) is 16.9. The largest absolute Gasteiger partial charge is 0.449 e. The Bertz CT molecular complexity index is 914. The van der Waals surface area contributed by atoms with Crippen molar-refractivity contribution >= 4 is 23.4 Å². The summed E-state index contributed by atoms with van der Waals surface area (Å²) < 4.78 is 5.25. The fourth-order valence-electron chi connectivity index (χ4n) is 3.46. The Morgan fingerprint density at radius 2 is 1.33 bits per heavy atom. The minimum absolute atomic E-state index is 0.139. The van der Waals surface area contributed by atoms with E-state index in [1.165, 1.54) is 37.6 Å². The molecule has 6 nitrogen and oxygen atoms in total. The highest BCUT2D eigenvalue weighted by molar-refractivity contribution is 6.49. The number of hydrogen-bond acceptors (Lipinski definition) is 5. The highest BCUT2D eigenvalue weighted by Gasteiger charge is 2.23. The molecule has 0 saturated heterocycles. The van der Waals surface area contributed by atoms with Crippen LogP contribution in [0, 0.1) is 0 Å². The molecule has 6 heteroatoms. The van der Waals surface area contributed by atoms with Gasteiger partial charge >= 0.3 is 5.97 Å². The van der Waals surface area contributed by atoms with Crippen LogP contribution in [0.25, 0.3) is 0 Å². The Hall–Kier alpha value is -3.28. The number of Topliss-reactive ketones (excluding diaryl/α,β-unsaturated/α-hetero) is 2. The molecule has 1 aliphatic carbocycles. The van der Waals surface area contributed by atoms with Crippen molar-refractivity contribution < 1.29 is 23.9 Å². The standard InChI is InChI=1S/C24H25NO5/c1-16(23(28)25-20-10-6-3-7-11-20)30-24(29)19-14-12-18(13-15-19)22(27)21(26)17-8-4-2-5-9-17/h2,4-5,8-9,12-16,20H,3,6-7,10-11H2,1H3,(H,25,28)/t16-/m0/s1. The monoisotopic (exact) mass is 407 g/mol. The first-order valence-electron chi connectivity index (χ1n) is 10.2. The smallest absolute Gasteiger partial charge is 0.338 e. The zero-order chi connectivity index (χ0) is 21.5. The summed E-state index contributed by atoms with van der Waals surface area (Å²) in [5.74, 6) is -2.23. The fraction of sp³-hybridized carbons (Fsp3) is 0.333. The number of carbonyl (C=O) groups excluding carboxylic acids is 4. The first kappa shape index (κ1) is 21.4. The Kier molecular flexibility index (Phi) is 7.12. The summed E-state index contributed by atoms with van der Waals surface area (Å²) in [7, 11) is 0. The van der Waals surface area contributed by atoms with Gasteiger partial charge in [-0.2, -0.15) is 0 Å². The van der Waals surface area contributed by atoms with E-state index in [1.807, 2.05) is 0 Å². The molecule has 1 aliphatic rings. The van der Waals surface area contributed by atoms with Gasteiger partial charge in [0, 0.05) is 17.2 Å². The van der Waals surface area contributed by atoms with Gasteiger partial charge in [-0.05, 0) is 31.9 Å². The maximum absolute atomic E-state index is 12.4. The third kappa shape index (κ3) is 5.41. The van der Waals surface area contributed by atoms with Crippen molar-refractivity contribution in [1.29, 1.82) is 0 Å². The lowest BCUT2D eigenvalue weighted by atomic mass is 9.95. The summed E-state index contributed by atoms with van der Waals surface area (Å²) in [5.41, 5.74) is 0.698. The number of esters is 1. The van der Waals surface area contributed by atoms with Crippen molar-refractivity contribution in [2.75, 3.05) is 0 Å². The highest BCUT2D eigenvalue weighted by atomic mass is 16.5. The van der Waals surface area contributed by atoms with E-state index in [-0.39, 0.29) is 23.1 Å². The van der Waals surface area contributed by atoms with Gasteiger partial charge in [0.1, 0.15) is 0 Å². The quantitative estimate of drug-likeness (QED) is 0.429. The van der Waals surface area contributed by atoms with Gasteiger partial charge in [-0.15, -0.1) is 0 Å². The molecule has 3 rings (SSSR count). The maximum atomic E-state index is 12.4. The van der Waals surface area contributed by atoms with Crippen LogP contribution in [0.15, 0.2) is 54.6 Å². The summed E-state index contributed by atoms with van der Waals surface area (Å²) in [6.45, 7) is 1.53. The van der Waals surface area contributed by atoms with Gasteiger partial charge in [0.15, 0.2) is 6.10 Å². The van der Waals surface area contributed by atoms with Crippen LogP contribution in [0.4, 0.5) is 0 Å². The molecule has 1 atom stereocenters. The van der Waals surface area contributed by atoms with Gasteiger partial charge in [0.25, 0.3) is 5.91 Å². The van der Waals surface area contributed by atoms with Gasteiger partial charge in [0.05, 0.1) is 5.56 Å². The zero-order valence-corrected chi connectivity index (χ0v) is 16.9. The van der Waals surface area contributed by atoms with Crippen molar-refractivity contribution in [2.45, 2.75) is 51.2 Å². The third-order valence-electron chi connectivity index (χ3n) is 5.23. The molecule has 1 N–H and O–H groups in total. The molecule has 0 bridgehead atoms. The van der Waals surface area contributed by atoms with Gasteiger partial charge in [-0.25, -0.2) is 4.79 Å². The average Bonchev–Trinajstić information content (AvgIpc) is 2.79. The van der Waals surface area contributed by atoms with Crippen molar-refractivity contribution in [3.8, 4) is 0 Å². The first-order valence-corrected chi connectivity index (χ1v) is 10.2. The number of ketones is 2. The molecule has 1 saturated carbocycles. The topological polar surface area (TPSA) is 89.5 Å². The molecular formula is C24H25NO5. The first-order chi connectivity index (χ1) is 14.5. The Balaban J connectivity index is 1.57. The van der Waals surface area contributed by atoms with Gasteiger partial charge in [-0.3, -0.25) is 14.4 Å². The van der Waals surface area contributed by atoms with Crippen molar-refractivity contribution in [2.24, 2.45) is 0 Å². The summed E-state index contributed by atoms with van der Waals surface area (Å²) in [5, 5.41) is 2.93. The van der Waals surface area contributed by atoms with E-state index in [2.05, 4.69) is 5.32 Å². The van der Waals surface area contributed by atoms with Crippen LogP contribution in [-0.4, -0.2) is 35.6 Å². The third-order valence-corrected chi connectivity index (χ3v) is 5.23. The summed E-state index contributed by atoms with van der Waals surface area (Å²) in [6.07, 6.45) is 4.35. The molecule has 1 fully saturated rings. The van der Waals surface area contributed by atoms with Crippen LogP contribution in [0.3, 0.4) is 0 Å². The second kappa shape index (κ2) is 9.96. The highest BCUT2D eigenvalue weighted by Crippen LogP contribution is 2.18. The van der Waals surface area contributed by atoms with Crippen LogP contribution in [0.1, 0.15) is 70.1 Å². The molecule has 0 spiro atoms. The number of amides is 1. The molecule has 2 aromatic rings. The van der Waals surface area contributed by atoms with E-state index in [1.54, 1.807) is 30.3 Å². The number of hydrogen-bond donors (Lipinski definition) is 1. The molecule has 0 aromatic heterocycles. The van der Waals surface area contributed by atoms with Gasteiger partial charge < -0.3 is 10.1 Å². The number of nitrogens with one attached hydrogen (secondary N) is 1. The predicted octanol–water partition coefficient (Wildman–Crippen LogP) is 3.75. The van der Waals surface area contributed by atoms with Crippen LogP contribution in [0.2, 0.25) is 0 Å². The van der Waals surface area contributed by atoms with Crippen molar-refractivity contribution in [3.05, 3.63) is 71.3 Å². The second-order valence-electron chi connectivity index (χ2n) is 7.49. The SMILES string of the molecule is C[C@H](OC(=O)c1ccc(C(=O)C(=O)c2ccccc2)cc1)C(=O)NC1CCCCC1. The second-order valence-corrected chi connectivity index (χ2v) is 7.49. The van der Waals surface area contributed by atoms with E-state index in [4.69, 9.17) is 4.74 Å². The maximum Gasteiger partial charge on any atom is 0.338 e. The average molecular weight is 407 g/mol. The number of benzene rings is 2. The molecule has 0 heterocycles. The summed E-state index contributed by atoms with van der Waals surface area (Å²) in [4.78, 5) is 49.2. The summed E-state index contributed by atoms with van der Waals surface area (Å²) in [6, 6.07) is 14.1. The van der Waals surface area contributed by atoms with E-state index in [0.29, 0.717) is 5.56 Å². The Morgan fingerprint density at radius 1 is 0.800 bits per heavy atom. The van der Waals surface area contributed by atoms with Gasteiger partial charge in [0.2, 0.25) is 11.6 Å². The lowest BCUT2D eigenvalue weighted by Gasteiger charge is -2.24. The van der Waals surface area contributed by atoms with Crippen LogP contribution >= 0.6 is 0 Å². The minimum Gasteiger partial charge on any atom is -0.449 e. The van der Waals surface area contributed by atoms with Crippen molar-refractivity contribution in [1.82, 2.24) is 5.32 Å². The number of ether oxygens (including phenoxy) is 1. The van der Waals surface area contributed by atoms with Gasteiger partial charge in [-0.1, -0.05) is 61.7 Å². The number of carbonyl (C=O) groups is 4. The number of rotatable bonds is 7. The lowest BCUT2D eigenvalue weighted by Crippen LogP contribution is -2.42. The van der Waals surface area contributed by atoms with E-state index >= 15 is 0 Å². The molecule has 156 valence electrons. The molecule has 0 unspecified atom stereocenters. The Labute approximate surface area is 175 Å². The normalized spacial score (nSPS) is 15.1. The van der Waals surface area contributed by atoms with E-state index in [0.717, 1.165) is 25.7 Å². The van der Waals surface area contributed by atoms with Crippen molar-refractivity contribution in [3.63, 3.8) is 0 Å². The molecule has 1 amide bonds. The van der Waals surface area contributed by atoms with Crippen LogP contribution in [0.5, 0.6) is 0 Å². The predicted molar refractivity (Wildman–Crippen MR) is 111 cm³/mol. The minimum atomic E-state index is -0.916. The molecule has 30 heavy (non-hydrogen) atoms. The van der Waals surface area contributed by atoms with Crippen LogP contribution in [-0.2, 0) is 9.53 Å². The van der Waals surface area contributed by atoms with E-state index < -0.39 is 23.6 Å². The lowest BCUT2D eigenvalue weighted by molar-refractivity contribution is -0.130. The van der Waals surface area contributed by atoms with E-state index in [9.17, 15) is 19.2 Å².